The Labute approximate surface area is 149 Å². The van der Waals surface area contributed by atoms with Crippen LogP contribution < -0.4 is 10.2 Å². The number of morpholine rings is 1. The van der Waals surface area contributed by atoms with E-state index in [9.17, 15) is 4.79 Å². The van der Waals surface area contributed by atoms with E-state index in [1.807, 2.05) is 12.1 Å². The van der Waals surface area contributed by atoms with Crippen LogP contribution in [0.15, 0.2) is 48.5 Å². The van der Waals surface area contributed by atoms with E-state index in [-0.39, 0.29) is 5.91 Å². The van der Waals surface area contributed by atoms with Gasteiger partial charge < -0.3 is 15.0 Å². The Balaban J connectivity index is 1.44. The number of rotatable bonds is 6. The number of benzene rings is 2. The van der Waals surface area contributed by atoms with Crippen LogP contribution in [0.5, 0.6) is 0 Å². The molecule has 25 heavy (non-hydrogen) atoms. The van der Waals surface area contributed by atoms with E-state index in [0.717, 1.165) is 38.3 Å². The molecule has 2 aromatic carbocycles. The minimum atomic E-state index is 0.0757. The molecule has 1 heterocycles. The van der Waals surface area contributed by atoms with Crippen molar-refractivity contribution in [3.63, 3.8) is 0 Å². The maximum absolute atomic E-state index is 12.1. The molecule has 1 amide bonds. The zero-order chi connectivity index (χ0) is 17.5. The van der Waals surface area contributed by atoms with Crippen LogP contribution >= 0.6 is 0 Å². The second-order valence-electron chi connectivity index (χ2n) is 6.53. The highest BCUT2D eigenvalue weighted by atomic mass is 16.5. The lowest BCUT2D eigenvalue weighted by atomic mass is 10.1. The van der Waals surface area contributed by atoms with Gasteiger partial charge in [0.2, 0.25) is 5.91 Å². The van der Waals surface area contributed by atoms with Crippen LogP contribution in [0.25, 0.3) is 0 Å². The average Bonchev–Trinajstić information content (AvgIpc) is 2.63. The Morgan fingerprint density at radius 1 is 1.08 bits per heavy atom. The molecule has 0 unspecified atom stereocenters. The molecule has 1 N–H and O–H groups in total. The van der Waals surface area contributed by atoms with Crippen molar-refractivity contribution in [1.82, 2.24) is 5.32 Å². The molecular weight excluding hydrogens is 312 g/mol. The number of carbonyl (C=O) groups excluding carboxylic acids is 1. The molecule has 1 aliphatic heterocycles. The Morgan fingerprint density at radius 2 is 1.84 bits per heavy atom. The second kappa shape index (κ2) is 8.67. The predicted molar refractivity (Wildman–Crippen MR) is 101 cm³/mol. The average molecular weight is 338 g/mol. The standard InChI is InChI=1S/C21H26N2O2/c1-17-3-2-4-18(15-17)9-10-22-21(24)16-19-5-7-20(8-6-19)23-11-13-25-14-12-23/h2-8,15H,9-14,16H2,1H3,(H,22,24). The molecule has 0 bridgehead atoms. The Kier molecular flexibility index (Phi) is 6.07. The lowest BCUT2D eigenvalue weighted by molar-refractivity contribution is -0.120. The first kappa shape index (κ1) is 17.5. The van der Waals surface area contributed by atoms with E-state index in [2.05, 4.69) is 53.5 Å². The number of nitrogens with one attached hydrogen (secondary N) is 1. The van der Waals surface area contributed by atoms with Crippen LogP contribution in [-0.2, 0) is 22.4 Å². The Morgan fingerprint density at radius 3 is 2.56 bits per heavy atom. The third kappa shape index (κ3) is 5.33. The molecule has 0 saturated carbocycles. The number of ether oxygens (including phenoxy) is 1. The third-order valence-electron chi connectivity index (χ3n) is 4.50. The van der Waals surface area contributed by atoms with E-state index < -0.39 is 0 Å². The molecule has 1 aliphatic rings. The normalized spacial score (nSPS) is 14.4. The minimum Gasteiger partial charge on any atom is -0.378 e. The van der Waals surface area contributed by atoms with Crippen molar-refractivity contribution in [2.45, 2.75) is 19.8 Å². The second-order valence-corrected chi connectivity index (χ2v) is 6.53. The molecule has 132 valence electrons. The molecule has 0 radical (unpaired) electrons. The molecule has 0 aromatic heterocycles. The summed E-state index contributed by atoms with van der Waals surface area (Å²) in [5, 5.41) is 3.01. The van der Waals surface area contributed by atoms with Gasteiger partial charge in [-0.25, -0.2) is 0 Å². The van der Waals surface area contributed by atoms with Gasteiger partial charge in [0.25, 0.3) is 0 Å². The highest BCUT2D eigenvalue weighted by molar-refractivity contribution is 5.78. The van der Waals surface area contributed by atoms with Gasteiger partial charge in [0.15, 0.2) is 0 Å². The third-order valence-corrected chi connectivity index (χ3v) is 4.50. The summed E-state index contributed by atoms with van der Waals surface area (Å²) in [5.41, 5.74) is 4.76. The number of nitrogens with zero attached hydrogens (tertiary/aromatic N) is 1. The fourth-order valence-corrected chi connectivity index (χ4v) is 3.11. The number of carbonyl (C=O) groups is 1. The maximum atomic E-state index is 12.1. The molecule has 0 aliphatic carbocycles. The summed E-state index contributed by atoms with van der Waals surface area (Å²) in [6, 6.07) is 16.7. The van der Waals surface area contributed by atoms with E-state index in [1.54, 1.807) is 0 Å². The van der Waals surface area contributed by atoms with Gasteiger partial charge in [0.05, 0.1) is 19.6 Å². The Bertz CT molecular complexity index is 691. The molecule has 1 fully saturated rings. The first-order valence-corrected chi connectivity index (χ1v) is 8.94. The topological polar surface area (TPSA) is 41.6 Å². The summed E-state index contributed by atoms with van der Waals surface area (Å²) < 4.78 is 5.38. The van der Waals surface area contributed by atoms with E-state index >= 15 is 0 Å². The van der Waals surface area contributed by atoms with Crippen molar-refractivity contribution < 1.29 is 9.53 Å². The fraction of sp³-hybridized carbons (Fsp3) is 0.381. The van der Waals surface area contributed by atoms with Gasteiger partial charge in [-0.1, -0.05) is 42.0 Å². The first-order chi connectivity index (χ1) is 12.2. The zero-order valence-electron chi connectivity index (χ0n) is 14.8. The van der Waals surface area contributed by atoms with Crippen molar-refractivity contribution in [1.29, 1.82) is 0 Å². The number of hydrogen-bond donors (Lipinski definition) is 1. The summed E-state index contributed by atoms with van der Waals surface area (Å²) >= 11 is 0. The van der Waals surface area contributed by atoms with Crippen LogP contribution in [0.4, 0.5) is 5.69 Å². The van der Waals surface area contributed by atoms with Crippen LogP contribution in [-0.4, -0.2) is 38.8 Å². The van der Waals surface area contributed by atoms with Crippen molar-refractivity contribution in [2.24, 2.45) is 0 Å². The summed E-state index contributed by atoms with van der Waals surface area (Å²) in [6.07, 6.45) is 1.29. The smallest absolute Gasteiger partial charge is 0.224 e. The summed E-state index contributed by atoms with van der Waals surface area (Å²) in [4.78, 5) is 14.4. The molecular formula is C21H26N2O2. The molecule has 0 spiro atoms. The van der Waals surface area contributed by atoms with Gasteiger partial charge in [-0.15, -0.1) is 0 Å². The van der Waals surface area contributed by atoms with Gasteiger partial charge >= 0.3 is 0 Å². The number of anilines is 1. The SMILES string of the molecule is Cc1cccc(CCNC(=O)Cc2ccc(N3CCOCC3)cc2)c1. The van der Waals surface area contributed by atoms with Gasteiger partial charge in [-0.2, -0.15) is 0 Å². The van der Waals surface area contributed by atoms with Crippen molar-refractivity contribution in [3.05, 3.63) is 65.2 Å². The van der Waals surface area contributed by atoms with E-state index in [1.165, 1.54) is 16.8 Å². The number of amides is 1. The van der Waals surface area contributed by atoms with Crippen molar-refractivity contribution >= 4 is 11.6 Å². The summed E-state index contributed by atoms with van der Waals surface area (Å²) in [6.45, 7) is 6.19. The molecule has 0 atom stereocenters. The van der Waals surface area contributed by atoms with Gasteiger partial charge in [-0.05, 0) is 36.6 Å². The quantitative estimate of drug-likeness (QED) is 0.880. The van der Waals surface area contributed by atoms with Crippen molar-refractivity contribution in [2.75, 3.05) is 37.7 Å². The zero-order valence-corrected chi connectivity index (χ0v) is 14.8. The van der Waals surface area contributed by atoms with Gasteiger partial charge in [0.1, 0.15) is 0 Å². The highest BCUT2D eigenvalue weighted by Gasteiger charge is 2.11. The van der Waals surface area contributed by atoms with Crippen LogP contribution in [0.1, 0.15) is 16.7 Å². The summed E-state index contributed by atoms with van der Waals surface area (Å²) in [5.74, 6) is 0.0757. The monoisotopic (exact) mass is 338 g/mol. The van der Waals surface area contributed by atoms with Gasteiger partial charge in [0, 0.05) is 25.3 Å². The van der Waals surface area contributed by atoms with Crippen molar-refractivity contribution in [3.8, 4) is 0 Å². The number of hydrogen-bond acceptors (Lipinski definition) is 3. The fourth-order valence-electron chi connectivity index (χ4n) is 3.11. The van der Waals surface area contributed by atoms with Gasteiger partial charge in [-0.3, -0.25) is 4.79 Å². The number of aryl methyl sites for hydroxylation is 1. The lowest BCUT2D eigenvalue weighted by Crippen LogP contribution is -2.36. The molecule has 4 heteroatoms. The summed E-state index contributed by atoms with van der Waals surface area (Å²) in [7, 11) is 0. The molecule has 4 nitrogen and oxygen atoms in total. The molecule has 2 aromatic rings. The van der Waals surface area contributed by atoms with E-state index in [0.29, 0.717) is 13.0 Å². The van der Waals surface area contributed by atoms with E-state index in [4.69, 9.17) is 4.74 Å². The maximum Gasteiger partial charge on any atom is 0.224 e. The highest BCUT2D eigenvalue weighted by Crippen LogP contribution is 2.16. The predicted octanol–water partition coefficient (Wildman–Crippen LogP) is 2.73. The first-order valence-electron chi connectivity index (χ1n) is 8.94. The molecule has 3 rings (SSSR count). The van der Waals surface area contributed by atoms with Crippen LogP contribution in [0.2, 0.25) is 0 Å². The molecule has 1 saturated heterocycles. The Hall–Kier alpha value is -2.33. The van der Waals surface area contributed by atoms with Crippen LogP contribution in [0, 0.1) is 6.92 Å². The van der Waals surface area contributed by atoms with Crippen LogP contribution in [0.3, 0.4) is 0 Å². The minimum absolute atomic E-state index is 0.0757. The largest absolute Gasteiger partial charge is 0.378 e. The lowest BCUT2D eigenvalue weighted by Gasteiger charge is -2.28.